The summed E-state index contributed by atoms with van der Waals surface area (Å²) in [6, 6.07) is 14.2. The molecule has 2 aromatic carbocycles. The molecule has 6 nitrogen and oxygen atoms in total. The van der Waals surface area contributed by atoms with Gasteiger partial charge in [-0.2, -0.15) is 0 Å². The third-order valence-electron chi connectivity index (χ3n) is 4.66. The monoisotopic (exact) mass is 441 g/mol. The van der Waals surface area contributed by atoms with E-state index in [1.165, 1.54) is 6.07 Å². The van der Waals surface area contributed by atoms with Gasteiger partial charge in [-0.15, -0.1) is 11.3 Å². The predicted molar refractivity (Wildman–Crippen MR) is 125 cm³/mol. The molecule has 0 saturated carbocycles. The van der Waals surface area contributed by atoms with Crippen LogP contribution in [-0.4, -0.2) is 31.3 Å². The van der Waals surface area contributed by atoms with Crippen LogP contribution in [0.25, 0.3) is 10.4 Å². The summed E-state index contributed by atoms with van der Waals surface area (Å²) < 4.78 is 12.1. The van der Waals surface area contributed by atoms with Crippen molar-refractivity contribution in [3.05, 3.63) is 70.6 Å². The van der Waals surface area contributed by atoms with E-state index >= 15 is 0 Å². The molecule has 0 aliphatic rings. The normalized spacial score (nSPS) is 11.3. The number of aryl methyl sites for hydroxylation is 1. The van der Waals surface area contributed by atoms with Crippen LogP contribution in [0.1, 0.15) is 26.3 Å². The second-order valence-corrected chi connectivity index (χ2v) is 12.1. The lowest BCUT2D eigenvalue weighted by Crippen LogP contribution is -2.17. The first-order chi connectivity index (χ1) is 14.1. The summed E-state index contributed by atoms with van der Waals surface area (Å²) in [5.74, 6) is -0.926. The van der Waals surface area contributed by atoms with Gasteiger partial charge in [-0.1, -0.05) is 12.1 Å². The molecular formula is C22H24N3O3PS. The minimum atomic E-state index is -2.28. The Hall–Kier alpha value is -2.89. The molecule has 0 radical (unpaired) electrons. The molecule has 156 valence electrons. The molecule has 0 aliphatic carbocycles. The highest BCUT2D eigenvalue weighted by Crippen LogP contribution is 2.36. The third-order valence-corrected chi connectivity index (χ3v) is 6.88. The number of hydrogen-bond acceptors (Lipinski definition) is 5. The van der Waals surface area contributed by atoms with Crippen molar-refractivity contribution in [2.45, 2.75) is 6.42 Å². The molecule has 0 bridgehead atoms. The number of rotatable bonds is 7. The van der Waals surface area contributed by atoms with Crippen molar-refractivity contribution in [1.29, 1.82) is 0 Å². The van der Waals surface area contributed by atoms with E-state index in [4.69, 9.17) is 11.5 Å². The minimum absolute atomic E-state index is 0.333. The van der Waals surface area contributed by atoms with E-state index < -0.39 is 13.0 Å². The molecule has 0 fully saturated rings. The number of carbonyl (C=O) groups excluding carboxylic acids is 2. The summed E-state index contributed by atoms with van der Waals surface area (Å²) in [6.45, 7) is 3.38. The van der Waals surface area contributed by atoms with Crippen molar-refractivity contribution < 1.29 is 14.2 Å². The Bertz CT molecular complexity index is 1140. The average Bonchev–Trinajstić information content (AvgIpc) is 3.22. The maximum Gasteiger partial charge on any atom is 0.255 e. The van der Waals surface area contributed by atoms with Crippen LogP contribution < -0.4 is 16.8 Å². The summed E-state index contributed by atoms with van der Waals surface area (Å²) in [5, 5.41) is 4.83. The first kappa shape index (κ1) is 21.8. The van der Waals surface area contributed by atoms with Crippen molar-refractivity contribution in [3.8, 4) is 10.4 Å². The zero-order valence-electron chi connectivity index (χ0n) is 16.8. The van der Waals surface area contributed by atoms with Crippen LogP contribution in [0.4, 0.5) is 11.4 Å². The van der Waals surface area contributed by atoms with E-state index in [1.807, 2.05) is 29.6 Å². The Morgan fingerprint density at radius 1 is 1.10 bits per heavy atom. The lowest BCUT2D eigenvalue weighted by atomic mass is 10.0. The van der Waals surface area contributed by atoms with Gasteiger partial charge in [0, 0.05) is 22.2 Å². The minimum Gasteiger partial charge on any atom is -0.397 e. The lowest BCUT2D eigenvalue weighted by molar-refractivity contribution is 0.0994. The second-order valence-electron chi connectivity index (χ2n) is 7.52. The Kier molecular flexibility index (Phi) is 6.44. The van der Waals surface area contributed by atoms with E-state index in [0.717, 1.165) is 10.4 Å². The quantitative estimate of drug-likeness (QED) is 0.369. The molecule has 2 amide bonds. The van der Waals surface area contributed by atoms with Crippen LogP contribution in [0.5, 0.6) is 0 Å². The molecule has 30 heavy (non-hydrogen) atoms. The number of carbonyl (C=O) groups is 2. The van der Waals surface area contributed by atoms with Crippen LogP contribution in [-0.2, 0) is 11.0 Å². The highest BCUT2D eigenvalue weighted by Gasteiger charge is 2.16. The van der Waals surface area contributed by atoms with Crippen LogP contribution in [0.2, 0.25) is 0 Å². The van der Waals surface area contributed by atoms with Gasteiger partial charge in [-0.05, 0) is 72.7 Å². The molecule has 1 heterocycles. The molecule has 0 unspecified atom stereocenters. The number of nitrogen functional groups attached to an aromatic ring is 1. The summed E-state index contributed by atoms with van der Waals surface area (Å²) in [4.78, 5) is 25.7. The van der Waals surface area contributed by atoms with Gasteiger partial charge in [0.15, 0.2) is 0 Å². The number of hydrogen-bond donors (Lipinski definition) is 3. The van der Waals surface area contributed by atoms with Gasteiger partial charge >= 0.3 is 0 Å². The zero-order valence-corrected chi connectivity index (χ0v) is 18.6. The summed E-state index contributed by atoms with van der Waals surface area (Å²) in [5.41, 5.74) is 14.8. The number of primary amides is 1. The van der Waals surface area contributed by atoms with Crippen molar-refractivity contribution in [3.63, 3.8) is 0 Å². The van der Waals surface area contributed by atoms with Gasteiger partial charge in [0.25, 0.3) is 5.91 Å². The third kappa shape index (κ3) is 5.38. The van der Waals surface area contributed by atoms with Gasteiger partial charge in [0.05, 0.1) is 18.5 Å². The van der Waals surface area contributed by atoms with Crippen molar-refractivity contribution in [1.82, 2.24) is 0 Å². The van der Waals surface area contributed by atoms with E-state index in [9.17, 15) is 14.2 Å². The summed E-state index contributed by atoms with van der Waals surface area (Å²) in [6.07, 6.45) is 0.827. The molecule has 0 atom stereocenters. The number of nitrogens with one attached hydrogen (secondary N) is 1. The number of nitrogens with two attached hydrogens (primary N) is 2. The van der Waals surface area contributed by atoms with Crippen LogP contribution >= 0.6 is 18.5 Å². The van der Waals surface area contributed by atoms with Gasteiger partial charge in [0.2, 0.25) is 5.91 Å². The van der Waals surface area contributed by atoms with Crippen molar-refractivity contribution in [2.75, 3.05) is 30.5 Å². The molecule has 1 aromatic heterocycles. The first-order valence-electron chi connectivity index (χ1n) is 9.35. The topological polar surface area (TPSA) is 115 Å². The van der Waals surface area contributed by atoms with Crippen LogP contribution in [0.3, 0.4) is 0 Å². The Morgan fingerprint density at radius 2 is 1.87 bits per heavy atom. The highest BCUT2D eigenvalue weighted by atomic mass is 32.1. The summed E-state index contributed by atoms with van der Waals surface area (Å²) >= 11 is 1.60. The molecule has 8 heteroatoms. The van der Waals surface area contributed by atoms with E-state index in [2.05, 4.69) is 5.32 Å². The standard InChI is InChI=1S/C22H24N3O3PS/c1-29(2,28)10-9-14-12-16(5-7-17(14)21(24)26)22(27)25-19-13-15(6-8-18(19)23)20-4-3-11-30-20/h3-8,11-13H,9-10,23H2,1-2H3,(H2,24,26)(H,25,27). The molecular weight excluding hydrogens is 417 g/mol. The number of anilines is 2. The predicted octanol–water partition coefficient (Wildman–Crippen LogP) is 4.51. The molecule has 5 N–H and O–H groups in total. The highest BCUT2D eigenvalue weighted by molar-refractivity contribution is 7.62. The smallest absolute Gasteiger partial charge is 0.255 e. The molecule has 0 saturated heterocycles. The van der Waals surface area contributed by atoms with E-state index in [0.29, 0.717) is 40.6 Å². The van der Waals surface area contributed by atoms with E-state index in [1.54, 1.807) is 42.9 Å². The largest absolute Gasteiger partial charge is 0.397 e. The van der Waals surface area contributed by atoms with Crippen molar-refractivity contribution in [2.24, 2.45) is 5.73 Å². The fourth-order valence-electron chi connectivity index (χ4n) is 3.03. The fraction of sp³-hybridized carbons (Fsp3) is 0.182. The van der Waals surface area contributed by atoms with Gasteiger partial charge < -0.3 is 21.3 Å². The van der Waals surface area contributed by atoms with Crippen molar-refractivity contribution >= 4 is 41.7 Å². The van der Waals surface area contributed by atoms with Gasteiger partial charge in [-0.3, -0.25) is 9.59 Å². The SMILES string of the molecule is CP(C)(=O)CCc1cc(C(=O)Nc2cc(-c3cccs3)ccc2N)ccc1C(N)=O. The fourth-order valence-corrected chi connectivity index (χ4v) is 4.53. The second kappa shape index (κ2) is 8.86. The lowest BCUT2D eigenvalue weighted by Gasteiger charge is -2.13. The maximum atomic E-state index is 12.9. The van der Waals surface area contributed by atoms with E-state index in [-0.39, 0.29) is 5.91 Å². The first-order valence-corrected chi connectivity index (χ1v) is 13.0. The molecule has 3 rings (SSSR count). The number of thiophene rings is 1. The summed E-state index contributed by atoms with van der Waals surface area (Å²) in [7, 11) is -2.28. The number of amides is 2. The Morgan fingerprint density at radius 3 is 2.50 bits per heavy atom. The molecule has 3 aromatic rings. The molecule has 0 spiro atoms. The number of benzene rings is 2. The maximum absolute atomic E-state index is 12.9. The Labute approximate surface area is 179 Å². The van der Waals surface area contributed by atoms with Gasteiger partial charge in [0.1, 0.15) is 0 Å². The van der Waals surface area contributed by atoms with Crippen LogP contribution in [0.15, 0.2) is 53.9 Å². The van der Waals surface area contributed by atoms with Crippen LogP contribution in [0, 0.1) is 0 Å². The van der Waals surface area contributed by atoms with Gasteiger partial charge in [-0.25, -0.2) is 0 Å². The Balaban J connectivity index is 1.87. The zero-order chi connectivity index (χ0) is 21.9. The molecule has 0 aliphatic heterocycles. The average molecular weight is 441 g/mol.